The second kappa shape index (κ2) is 11.4. The smallest absolute Gasteiger partial charge is 0.191 e. The van der Waals surface area contributed by atoms with Crippen molar-refractivity contribution in [3.05, 3.63) is 42.4 Å². The molecule has 4 N–H and O–H groups in total. The molecule has 6 heteroatoms. The molecule has 0 bridgehead atoms. The molecule has 0 fully saturated rings. The van der Waals surface area contributed by atoms with Crippen molar-refractivity contribution >= 4 is 5.96 Å². The molecule has 0 spiro atoms. The van der Waals surface area contributed by atoms with Crippen LogP contribution in [0.3, 0.4) is 0 Å². The standard InChI is InChI=1S/C21H33N5O/c1-4-22-21(24-13-17(10-11-27)12-16(2)3)25-15-20-23-14-19(26-20)18-8-6-5-7-9-18/h5-9,14,16-17,27H,4,10-13,15H2,1-3H3,(H,23,26)(H2,22,24,25). The van der Waals surface area contributed by atoms with Gasteiger partial charge in [-0.3, -0.25) is 0 Å². The number of aliphatic hydroxyl groups excluding tert-OH is 1. The Labute approximate surface area is 162 Å². The van der Waals surface area contributed by atoms with Crippen LogP contribution in [0.15, 0.2) is 41.5 Å². The maximum atomic E-state index is 9.28. The minimum absolute atomic E-state index is 0.224. The van der Waals surface area contributed by atoms with Gasteiger partial charge in [0.05, 0.1) is 11.9 Å². The molecule has 1 aromatic carbocycles. The molecule has 148 valence electrons. The molecule has 0 saturated heterocycles. The molecule has 6 nitrogen and oxygen atoms in total. The fourth-order valence-electron chi connectivity index (χ4n) is 3.10. The lowest BCUT2D eigenvalue weighted by Crippen LogP contribution is -2.40. The summed E-state index contributed by atoms with van der Waals surface area (Å²) in [5, 5.41) is 16.0. The molecule has 27 heavy (non-hydrogen) atoms. The zero-order chi connectivity index (χ0) is 19.5. The lowest BCUT2D eigenvalue weighted by Gasteiger charge is -2.20. The van der Waals surface area contributed by atoms with Crippen molar-refractivity contribution in [1.82, 2.24) is 20.6 Å². The van der Waals surface area contributed by atoms with Crippen LogP contribution >= 0.6 is 0 Å². The third kappa shape index (κ3) is 7.43. The van der Waals surface area contributed by atoms with Crippen molar-refractivity contribution in [3.63, 3.8) is 0 Å². The number of hydrogen-bond acceptors (Lipinski definition) is 3. The minimum atomic E-state index is 0.224. The van der Waals surface area contributed by atoms with Gasteiger partial charge < -0.3 is 20.7 Å². The highest BCUT2D eigenvalue weighted by atomic mass is 16.3. The molecule has 0 saturated carbocycles. The molecule has 1 aromatic heterocycles. The highest BCUT2D eigenvalue weighted by Crippen LogP contribution is 2.16. The Kier molecular flexibility index (Phi) is 8.84. The Morgan fingerprint density at radius 1 is 1.22 bits per heavy atom. The summed E-state index contributed by atoms with van der Waals surface area (Å²) in [5.41, 5.74) is 2.12. The first-order valence-electron chi connectivity index (χ1n) is 9.84. The van der Waals surface area contributed by atoms with Gasteiger partial charge in [0.15, 0.2) is 5.96 Å². The van der Waals surface area contributed by atoms with E-state index in [1.807, 2.05) is 24.4 Å². The van der Waals surface area contributed by atoms with Crippen molar-refractivity contribution in [2.75, 3.05) is 19.7 Å². The van der Waals surface area contributed by atoms with Crippen molar-refractivity contribution in [1.29, 1.82) is 0 Å². The van der Waals surface area contributed by atoms with E-state index >= 15 is 0 Å². The van der Waals surface area contributed by atoms with Crippen LogP contribution in [0.4, 0.5) is 0 Å². The fourth-order valence-corrected chi connectivity index (χ4v) is 3.10. The Balaban J connectivity index is 1.95. The van der Waals surface area contributed by atoms with Gasteiger partial charge in [-0.15, -0.1) is 0 Å². The lowest BCUT2D eigenvalue weighted by atomic mass is 9.94. The van der Waals surface area contributed by atoms with Crippen LogP contribution in [0.5, 0.6) is 0 Å². The predicted octanol–water partition coefficient (Wildman–Crippen LogP) is 3.18. The summed E-state index contributed by atoms with van der Waals surface area (Å²) < 4.78 is 0. The maximum absolute atomic E-state index is 9.28. The SMILES string of the molecule is CCNC(=NCc1ncc(-c2ccccc2)[nH]1)NCC(CCO)CC(C)C. The zero-order valence-electron chi connectivity index (χ0n) is 16.7. The monoisotopic (exact) mass is 371 g/mol. The van der Waals surface area contributed by atoms with Gasteiger partial charge in [0.1, 0.15) is 12.4 Å². The fraction of sp³-hybridized carbons (Fsp3) is 0.524. The van der Waals surface area contributed by atoms with Gasteiger partial charge in [0.25, 0.3) is 0 Å². The van der Waals surface area contributed by atoms with Gasteiger partial charge in [-0.2, -0.15) is 0 Å². The van der Waals surface area contributed by atoms with Crippen LogP contribution in [0.2, 0.25) is 0 Å². The first kappa shape index (κ1) is 21.0. The van der Waals surface area contributed by atoms with E-state index in [0.717, 1.165) is 49.0 Å². The summed E-state index contributed by atoms with van der Waals surface area (Å²) in [5.74, 6) is 2.66. The zero-order valence-corrected chi connectivity index (χ0v) is 16.7. The van der Waals surface area contributed by atoms with Gasteiger partial charge >= 0.3 is 0 Å². The number of aliphatic imine (C=N–C) groups is 1. The van der Waals surface area contributed by atoms with Gasteiger partial charge in [0.2, 0.25) is 0 Å². The normalized spacial score (nSPS) is 13.0. The summed E-state index contributed by atoms with van der Waals surface area (Å²) in [6, 6.07) is 10.1. The summed E-state index contributed by atoms with van der Waals surface area (Å²) in [6.45, 7) is 8.79. The van der Waals surface area contributed by atoms with Crippen LogP contribution in [0.1, 0.15) is 39.4 Å². The Morgan fingerprint density at radius 3 is 2.67 bits per heavy atom. The van der Waals surface area contributed by atoms with E-state index in [9.17, 15) is 5.11 Å². The van der Waals surface area contributed by atoms with E-state index in [4.69, 9.17) is 0 Å². The van der Waals surface area contributed by atoms with Crippen LogP contribution in [-0.4, -0.2) is 40.7 Å². The molecule has 1 atom stereocenters. The van der Waals surface area contributed by atoms with Gasteiger partial charge in [0, 0.05) is 19.7 Å². The molecule has 0 amide bonds. The number of rotatable bonds is 10. The number of nitrogens with one attached hydrogen (secondary N) is 3. The number of aromatic amines is 1. The van der Waals surface area contributed by atoms with E-state index < -0.39 is 0 Å². The molecular formula is C21H33N5O. The average Bonchev–Trinajstić information content (AvgIpc) is 3.13. The predicted molar refractivity (Wildman–Crippen MR) is 111 cm³/mol. The molecule has 0 aliphatic rings. The number of nitrogens with zero attached hydrogens (tertiary/aromatic N) is 2. The average molecular weight is 372 g/mol. The molecule has 1 unspecified atom stereocenters. The molecule has 0 aliphatic carbocycles. The Hall–Kier alpha value is -2.34. The third-order valence-electron chi connectivity index (χ3n) is 4.34. The van der Waals surface area contributed by atoms with E-state index in [2.05, 4.69) is 58.5 Å². The third-order valence-corrected chi connectivity index (χ3v) is 4.34. The maximum Gasteiger partial charge on any atom is 0.191 e. The van der Waals surface area contributed by atoms with E-state index in [-0.39, 0.29) is 6.61 Å². The number of aromatic nitrogens is 2. The highest BCUT2D eigenvalue weighted by molar-refractivity contribution is 5.79. The Bertz CT molecular complexity index is 681. The molecule has 0 aliphatic heterocycles. The first-order chi connectivity index (χ1) is 13.1. The molecular weight excluding hydrogens is 338 g/mol. The van der Waals surface area contributed by atoms with Crippen molar-refractivity contribution in [2.45, 2.75) is 40.2 Å². The number of H-pyrrole nitrogens is 1. The van der Waals surface area contributed by atoms with E-state index in [1.54, 1.807) is 0 Å². The summed E-state index contributed by atoms with van der Waals surface area (Å²) in [7, 11) is 0. The van der Waals surface area contributed by atoms with Gasteiger partial charge in [-0.1, -0.05) is 44.2 Å². The molecule has 0 radical (unpaired) electrons. The van der Waals surface area contributed by atoms with E-state index in [1.165, 1.54) is 0 Å². The van der Waals surface area contributed by atoms with Crippen molar-refractivity contribution < 1.29 is 5.11 Å². The minimum Gasteiger partial charge on any atom is -0.396 e. The number of guanidine groups is 1. The van der Waals surface area contributed by atoms with Crippen LogP contribution in [0.25, 0.3) is 11.3 Å². The van der Waals surface area contributed by atoms with Gasteiger partial charge in [-0.05, 0) is 37.2 Å². The number of benzene rings is 1. The number of imidazole rings is 1. The Morgan fingerprint density at radius 2 is 2.00 bits per heavy atom. The van der Waals surface area contributed by atoms with Crippen molar-refractivity contribution in [2.24, 2.45) is 16.8 Å². The summed E-state index contributed by atoms with van der Waals surface area (Å²) in [4.78, 5) is 12.4. The first-order valence-corrected chi connectivity index (χ1v) is 9.84. The number of hydrogen-bond donors (Lipinski definition) is 4. The van der Waals surface area contributed by atoms with Crippen LogP contribution in [-0.2, 0) is 6.54 Å². The van der Waals surface area contributed by atoms with Crippen molar-refractivity contribution in [3.8, 4) is 11.3 Å². The largest absolute Gasteiger partial charge is 0.396 e. The molecule has 1 heterocycles. The van der Waals surface area contributed by atoms with Gasteiger partial charge in [-0.25, -0.2) is 9.98 Å². The number of aliphatic hydroxyl groups is 1. The topological polar surface area (TPSA) is 85.3 Å². The summed E-state index contributed by atoms with van der Waals surface area (Å²) >= 11 is 0. The molecule has 2 aromatic rings. The molecule has 2 rings (SSSR count). The lowest BCUT2D eigenvalue weighted by molar-refractivity contribution is 0.243. The van der Waals surface area contributed by atoms with Crippen LogP contribution in [0, 0.1) is 11.8 Å². The second-order valence-electron chi connectivity index (χ2n) is 7.19. The highest BCUT2D eigenvalue weighted by Gasteiger charge is 2.11. The second-order valence-corrected chi connectivity index (χ2v) is 7.19. The quantitative estimate of drug-likeness (QED) is 0.382. The van der Waals surface area contributed by atoms with E-state index in [0.29, 0.717) is 18.4 Å². The summed E-state index contributed by atoms with van der Waals surface area (Å²) in [6.07, 6.45) is 3.75. The van der Waals surface area contributed by atoms with Crippen LogP contribution < -0.4 is 10.6 Å².